The molecule has 1 amide bonds. The number of furan rings is 1. The number of hydrogen-bond acceptors (Lipinski definition) is 6. The van der Waals surface area contributed by atoms with Crippen LogP contribution in [-0.2, 0) is 28.9 Å². The molecule has 1 aliphatic carbocycles. The van der Waals surface area contributed by atoms with E-state index < -0.39 is 0 Å². The van der Waals surface area contributed by atoms with Gasteiger partial charge < -0.3 is 19.2 Å². The molecule has 1 N–H and O–H groups in total. The number of esters is 1. The highest BCUT2D eigenvalue weighted by Gasteiger charge is 2.28. The Hall–Kier alpha value is -2.12. The number of hydrogen-bond donors (Lipinski definition) is 1. The van der Waals surface area contributed by atoms with Crippen LogP contribution in [0.4, 0.5) is 5.00 Å². The lowest BCUT2D eigenvalue weighted by molar-refractivity contribution is 0.0378. The first kappa shape index (κ1) is 18.7. The van der Waals surface area contributed by atoms with Crippen molar-refractivity contribution in [2.24, 2.45) is 0 Å². The van der Waals surface area contributed by atoms with Gasteiger partial charge in [-0.05, 0) is 57.2 Å². The van der Waals surface area contributed by atoms with Gasteiger partial charge in [0.2, 0.25) is 0 Å². The molecule has 2 aromatic rings. The van der Waals surface area contributed by atoms with Gasteiger partial charge in [0, 0.05) is 12.0 Å². The third kappa shape index (κ3) is 3.99. The normalized spacial score (nSPS) is 13.5. The first-order valence-corrected chi connectivity index (χ1v) is 9.55. The van der Waals surface area contributed by atoms with Gasteiger partial charge >= 0.3 is 5.97 Å². The van der Waals surface area contributed by atoms with E-state index in [1.165, 1.54) is 11.3 Å². The van der Waals surface area contributed by atoms with Crippen molar-refractivity contribution in [2.45, 2.75) is 52.2 Å². The summed E-state index contributed by atoms with van der Waals surface area (Å²) in [4.78, 5) is 26.3. The SMILES string of the molecule is COCc1ccc(C(=O)Nc2sc3c(c2C(=O)OC(C)C)CCCC3)o1. The minimum absolute atomic E-state index is 0.187. The van der Waals surface area contributed by atoms with Gasteiger partial charge in [-0.1, -0.05) is 0 Å². The highest BCUT2D eigenvalue weighted by Crippen LogP contribution is 2.39. The van der Waals surface area contributed by atoms with Crippen LogP contribution in [0.25, 0.3) is 0 Å². The Bertz CT molecular complexity index is 805. The van der Waals surface area contributed by atoms with Crippen LogP contribution in [0.1, 0.15) is 63.8 Å². The molecule has 0 radical (unpaired) electrons. The van der Waals surface area contributed by atoms with E-state index in [0.29, 0.717) is 22.9 Å². The van der Waals surface area contributed by atoms with Crippen molar-refractivity contribution < 1.29 is 23.5 Å². The van der Waals surface area contributed by atoms with Crippen molar-refractivity contribution in [1.82, 2.24) is 0 Å². The van der Waals surface area contributed by atoms with Crippen LogP contribution in [0.2, 0.25) is 0 Å². The lowest BCUT2D eigenvalue weighted by Gasteiger charge is -2.14. The lowest BCUT2D eigenvalue weighted by atomic mass is 9.95. The molecule has 0 aliphatic heterocycles. The second-order valence-corrected chi connectivity index (χ2v) is 7.63. The van der Waals surface area contributed by atoms with Crippen LogP contribution in [0.5, 0.6) is 0 Å². The van der Waals surface area contributed by atoms with E-state index >= 15 is 0 Å². The van der Waals surface area contributed by atoms with Crippen LogP contribution >= 0.6 is 11.3 Å². The van der Waals surface area contributed by atoms with Crippen molar-refractivity contribution in [3.63, 3.8) is 0 Å². The highest BCUT2D eigenvalue weighted by atomic mass is 32.1. The van der Waals surface area contributed by atoms with Gasteiger partial charge in [-0.3, -0.25) is 4.79 Å². The Morgan fingerprint density at radius 3 is 2.77 bits per heavy atom. The fourth-order valence-electron chi connectivity index (χ4n) is 3.03. The Balaban J connectivity index is 1.87. The fourth-order valence-corrected chi connectivity index (χ4v) is 4.30. The molecule has 0 spiro atoms. The van der Waals surface area contributed by atoms with E-state index in [0.717, 1.165) is 36.1 Å². The monoisotopic (exact) mass is 377 g/mol. The minimum atomic E-state index is -0.385. The summed E-state index contributed by atoms with van der Waals surface area (Å²) in [5.41, 5.74) is 1.51. The summed E-state index contributed by atoms with van der Waals surface area (Å²) >= 11 is 1.46. The number of nitrogens with one attached hydrogen (secondary N) is 1. The summed E-state index contributed by atoms with van der Waals surface area (Å²) in [7, 11) is 1.56. The number of methoxy groups -OCH3 is 1. The number of amides is 1. The molecule has 0 saturated heterocycles. The first-order valence-electron chi connectivity index (χ1n) is 8.74. The van der Waals surface area contributed by atoms with Gasteiger partial charge in [-0.15, -0.1) is 11.3 Å². The number of ether oxygens (including phenoxy) is 2. The molecule has 0 atom stereocenters. The number of rotatable bonds is 6. The van der Waals surface area contributed by atoms with Crippen LogP contribution in [0.15, 0.2) is 16.5 Å². The quantitative estimate of drug-likeness (QED) is 0.764. The number of carbonyl (C=O) groups is 2. The summed E-state index contributed by atoms with van der Waals surface area (Å²) < 4.78 is 15.9. The Morgan fingerprint density at radius 1 is 1.27 bits per heavy atom. The second kappa shape index (κ2) is 8.05. The standard InChI is InChI=1S/C19H23NO5S/c1-11(2)24-19(22)16-13-6-4-5-7-15(13)26-18(16)20-17(21)14-9-8-12(25-14)10-23-3/h8-9,11H,4-7,10H2,1-3H3,(H,20,21). The number of aryl methyl sites for hydroxylation is 1. The van der Waals surface area contributed by atoms with Gasteiger partial charge in [0.1, 0.15) is 17.4 Å². The molecule has 0 bridgehead atoms. The molecule has 140 valence electrons. The van der Waals surface area contributed by atoms with Crippen LogP contribution < -0.4 is 5.32 Å². The summed E-state index contributed by atoms with van der Waals surface area (Å²) in [6, 6.07) is 3.30. The average Bonchev–Trinajstić information content (AvgIpc) is 3.18. The molecule has 7 heteroatoms. The van der Waals surface area contributed by atoms with E-state index in [2.05, 4.69) is 5.32 Å². The Labute approximate surface area is 156 Å². The molecule has 0 fully saturated rings. The number of carbonyl (C=O) groups excluding carboxylic acids is 2. The maximum absolute atomic E-state index is 12.6. The Kier molecular flexibility index (Phi) is 5.78. The predicted molar refractivity (Wildman–Crippen MR) is 98.9 cm³/mol. The molecule has 6 nitrogen and oxygen atoms in total. The van der Waals surface area contributed by atoms with Gasteiger partial charge in [-0.2, -0.15) is 0 Å². The van der Waals surface area contributed by atoms with Crippen LogP contribution in [0, 0.1) is 0 Å². The van der Waals surface area contributed by atoms with Gasteiger partial charge in [0.05, 0.1) is 11.7 Å². The van der Waals surface area contributed by atoms with Crippen molar-refractivity contribution in [1.29, 1.82) is 0 Å². The largest absolute Gasteiger partial charge is 0.459 e. The molecule has 0 saturated carbocycles. The molecule has 2 aromatic heterocycles. The molecular weight excluding hydrogens is 354 g/mol. The molecule has 3 rings (SSSR count). The molecule has 26 heavy (non-hydrogen) atoms. The molecule has 1 aliphatic rings. The third-order valence-corrected chi connectivity index (χ3v) is 5.32. The molecule has 0 aromatic carbocycles. The molecule has 2 heterocycles. The summed E-state index contributed by atoms with van der Waals surface area (Å²) in [5.74, 6) is -0.00655. The lowest BCUT2D eigenvalue weighted by Crippen LogP contribution is -2.17. The number of anilines is 1. The van der Waals surface area contributed by atoms with Gasteiger partial charge in [0.25, 0.3) is 5.91 Å². The zero-order chi connectivity index (χ0) is 18.7. The van der Waals surface area contributed by atoms with E-state index in [9.17, 15) is 9.59 Å². The fraction of sp³-hybridized carbons (Fsp3) is 0.474. The van der Waals surface area contributed by atoms with E-state index in [1.807, 2.05) is 13.8 Å². The van der Waals surface area contributed by atoms with E-state index in [-0.39, 0.29) is 23.7 Å². The highest BCUT2D eigenvalue weighted by molar-refractivity contribution is 7.17. The van der Waals surface area contributed by atoms with Crippen LogP contribution in [-0.4, -0.2) is 25.1 Å². The van der Waals surface area contributed by atoms with Crippen molar-refractivity contribution in [2.75, 3.05) is 12.4 Å². The van der Waals surface area contributed by atoms with Gasteiger partial charge in [-0.25, -0.2) is 4.79 Å². The average molecular weight is 377 g/mol. The van der Waals surface area contributed by atoms with E-state index in [1.54, 1.807) is 19.2 Å². The van der Waals surface area contributed by atoms with E-state index in [4.69, 9.17) is 13.9 Å². The maximum atomic E-state index is 12.6. The second-order valence-electron chi connectivity index (χ2n) is 6.52. The zero-order valence-electron chi connectivity index (χ0n) is 15.2. The Morgan fingerprint density at radius 2 is 2.04 bits per heavy atom. The number of fused-ring (bicyclic) bond motifs is 1. The van der Waals surface area contributed by atoms with Gasteiger partial charge in [0.15, 0.2) is 5.76 Å². The van der Waals surface area contributed by atoms with Crippen molar-refractivity contribution in [3.05, 3.63) is 39.7 Å². The first-order chi connectivity index (χ1) is 12.5. The van der Waals surface area contributed by atoms with Crippen LogP contribution in [0.3, 0.4) is 0 Å². The molecule has 0 unspecified atom stereocenters. The summed E-state index contributed by atoms with van der Waals surface area (Å²) in [6.45, 7) is 3.93. The smallest absolute Gasteiger partial charge is 0.341 e. The van der Waals surface area contributed by atoms with Crippen molar-refractivity contribution in [3.8, 4) is 0 Å². The third-order valence-electron chi connectivity index (χ3n) is 4.12. The summed E-state index contributed by atoms with van der Waals surface area (Å²) in [6.07, 6.45) is 3.68. The zero-order valence-corrected chi connectivity index (χ0v) is 16.0. The predicted octanol–water partition coefficient (Wildman–Crippen LogP) is 4.18. The minimum Gasteiger partial charge on any atom is -0.459 e. The molecular formula is C19H23NO5S. The topological polar surface area (TPSA) is 77.8 Å². The summed E-state index contributed by atoms with van der Waals surface area (Å²) in [5, 5.41) is 3.38. The van der Waals surface area contributed by atoms with Crippen molar-refractivity contribution >= 4 is 28.2 Å². The maximum Gasteiger partial charge on any atom is 0.341 e. The number of thiophene rings is 1.